The Labute approximate surface area is 176 Å². The van der Waals surface area contributed by atoms with E-state index in [4.69, 9.17) is 11.6 Å². The maximum Gasteiger partial charge on any atom is 0.0799 e. The smallest absolute Gasteiger partial charge is 0.0799 e. The summed E-state index contributed by atoms with van der Waals surface area (Å²) in [4.78, 5) is 5.86. The number of rotatable bonds is 3. The van der Waals surface area contributed by atoms with Crippen LogP contribution in [0.1, 0.15) is 10.6 Å². The van der Waals surface area contributed by atoms with Crippen molar-refractivity contribution >= 4 is 44.6 Å². The van der Waals surface area contributed by atoms with E-state index in [1.165, 1.54) is 32.6 Å². The topological polar surface area (TPSA) is 33.6 Å². The Bertz CT molecular complexity index is 1440. The summed E-state index contributed by atoms with van der Waals surface area (Å²) in [7, 11) is 0. The van der Waals surface area contributed by atoms with Crippen molar-refractivity contribution in [1.82, 2.24) is 14.8 Å². The summed E-state index contributed by atoms with van der Waals surface area (Å²) >= 11 is 7.99. The Hall–Kier alpha value is -3.08. The van der Waals surface area contributed by atoms with Crippen molar-refractivity contribution in [3.05, 3.63) is 93.9 Å². The molecular formula is C24H16ClN3S. The largest absolute Gasteiger partial charge is 0.297 e. The predicted octanol–water partition coefficient (Wildman–Crippen LogP) is 6.92. The van der Waals surface area contributed by atoms with Crippen LogP contribution in [0.4, 0.5) is 0 Å². The summed E-state index contributed by atoms with van der Waals surface area (Å²) in [6.07, 6.45) is 2.73. The second kappa shape index (κ2) is 6.48. The maximum atomic E-state index is 6.20. The van der Waals surface area contributed by atoms with Gasteiger partial charge in [-0.05, 0) is 47.2 Å². The van der Waals surface area contributed by atoms with Crippen molar-refractivity contribution in [3.63, 3.8) is 0 Å². The monoisotopic (exact) mass is 413 g/mol. The molecule has 140 valence electrons. The van der Waals surface area contributed by atoms with Crippen LogP contribution in [0.2, 0.25) is 5.02 Å². The lowest BCUT2D eigenvalue weighted by molar-refractivity contribution is 0.868. The van der Waals surface area contributed by atoms with Crippen LogP contribution >= 0.6 is 22.9 Å². The number of aromatic amines is 1. The molecule has 0 amide bonds. The van der Waals surface area contributed by atoms with E-state index in [1.54, 1.807) is 11.3 Å². The van der Waals surface area contributed by atoms with Crippen molar-refractivity contribution in [1.29, 1.82) is 0 Å². The lowest BCUT2D eigenvalue weighted by atomic mass is 10.1. The Kier molecular flexibility index (Phi) is 3.76. The molecule has 0 saturated heterocycles. The molecule has 0 fully saturated rings. The molecule has 0 unspecified atom stereocenters. The molecule has 1 aliphatic carbocycles. The molecule has 2 aromatic heterocycles. The van der Waals surface area contributed by atoms with Crippen LogP contribution in [-0.4, -0.2) is 14.8 Å². The number of pyridine rings is 1. The van der Waals surface area contributed by atoms with E-state index in [1.807, 2.05) is 24.4 Å². The Morgan fingerprint density at radius 3 is 2.79 bits per heavy atom. The summed E-state index contributed by atoms with van der Waals surface area (Å²) in [5, 5.41) is 10.1. The highest BCUT2D eigenvalue weighted by atomic mass is 35.5. The van der Waals surface area contributed by atoms with E-state index in [9.17, 15) is 0 Å². The van der Waals surface area contributed by atoms with Crippen molar-refractivity contribution in [2.75, 3.05) is 0 Å². The van der Waals surface area contributed by atoms with Gasteiger partial charge in [0.2, 0.25) is 0 Å². The molecule has 1 N–H and O–H groups in total. The van der Waals surface area contributed by atoms with Crippen LogP contribution in [0.3, 0.4) is 0 Å². The minimum Gasteiger partial charge on any atom is -0.297 e. The molecule has 3 nitrogen and oxygen atoms in total. The molecule has 5 heteroatoms. The predicted molar refractivity (Wildman–Crippen MR) is 122 cm³/mol. The fourth-order valence-electron chi connectivity index (χ4n) is 4.13. The van der Waals surface area contributed by atoms with Gasteiger partial charge in [-0.2, -0.15) is 0 Å². The highest BCUT2D eigenvalue weighted by molar-refractivity contribution is 7.09. The van der Waals surface area contributed by atoms with E-state index in [-0.39, 0.29) is 0 Å². The van der Waals surface area contributed by atoms with Gasteiger partial charge in [0.25, 0.3) is 0 Å². The second-order valence-electron chi connectivity index (χ2n) is 7.17. The summed E-state index contributed by atoms with van der Waals surface area (Å²) in [5.74, 6) is 0. The summed E-state index contributed by atoms with van der Waals surface area (Å²) in [6.45, 7) is 0. The average molecular weight is 414 g/mol. The molecule has 0 saturated carbocycles. The van der Waals surface area contributed by atoms with Gasteiger partial charge in [0.15, 0.2) is 0 Å². The number of nitrogens with zero attached hydrogens (tertiary/aromatic N) is 2. The summed E-state index contributed by atoms with van der Waals surface area (Å²) in [6, 6.07) is 23.1. The molecular weight excluding hydrogens is 398 g/mol. The van der Waals surface area contributed by atoms with Crippen LogP contribution < -0.4 is 0 Å². The molecule has 1 aliphatic heterocycles. The van der Waals surface area contributed by atoms with Crippen LogP contribution in [0.15, 0.2) is 78.3 Å². The van der Waals surface area contributed by atoms with Gasteiger partial charge in [0.1, 0.15) is 0 Å². The van der Waals surface area contributed by atoms with E-state index in [0.29, 0.717) is 5.02 Å². The van der Waals surface area contributed by atoms with Gasteiger partial charge >= 0.3 is 0 Å². The van der Waals surface area contributed by atoms with Crippen LogP contribution in [-0.2, 0) is 6.42 Å². The van der Waals surface area contributed by atoms with Gasteiger partial charge in [0, 0.05) is 44.5 Å². The first-order chi connectivity index (χ1) is 14.3. The zero-order chi connectivity index (χ0) is 19.4. The molecule has 6 rings (SSSR count). The van der Waals surface area contributed by atoms with E-state index < -0.39 is 0 Å². The number of H-pyrrole nitrogens is 1. The third-order valence-corrected chi connectivity index (χ3v) is 6.53. The molecule has 29 heavy (non-hydrogen) atoms. The second-order valence-corrected chi connectivity index (χ2v) is 8.64. The lowest BCUT2D eigenvalue weighted by Gasteiger charge is -2.10. The molecule has 0 spiro atoms. The molecule has 4 aromatic rings. The van der Waals surface area contributed by atoms with Crippen LogP contribution in [0.5, 0.6) is 0 Å². The molecule has 0 radical (unpaired) electrons. The number of thiophene rings is 1. The number of hydrogen-bond donors (Lipinski definition) is 1. The SMILES string of the molecule is Clc1ccc2c(-n3[nH]c(Cc4cccs4)c4cc5ccccc5c3-4)ccnc2c1. The van der Waals surface area contributed by atoms with E-state index in [0.717, 1.165) is 23.0 Å². The minimum absolute atomic E-state index is 0.695. The molecule has 0 atom stereocenters. The highest BCUT2D eigenvalue weighted by Gasteiger charge is 2.22. The Morgan fingerprint density at radius 1 is 0.966 bits per heavy atom. The number of benzene rings is 2. The normalized spacial score (nSPS) is 11.8. The number of halogens is 1. The first-order valence-electron chi connectivity index (χ1n) is 9.46. The number of fused-ring (bicyclic) bond motifs is 4. The van der Waals surface area contributed by atoms with Gasteiger partial charge < -0.3 is 0 Å². The zero-order valence-electron chi connectivity index (χ0n) is 15.4. The molecule has 3 heterocycles. The van der Waals surface area contributed by atoms with E-state index in [2.05, 4.69) is 68.7 Å². The third-order valence-electron chi connectivity index (χ3n) is 5.42. The van der Waals surface area contributed by atoms with Crippen LogP contribution in [0, 0.1) is 0 Å². The van der Waals surface area contributed by atoms with Crippen molar-refractivity contribution < 1.29 is 0 Å². The third kappa shape index (κ3) is 2.68. The van der Waals surface area contributed by atoms with Crippen molar-refractivity contribution in [2.45, 2.75) is 6.42 Å². The molecule has 0 bridgehead atoms. The van der Waals surface area contributed by atoms with Gasteiger partial charge in [-0.25, -0.2) is 0 Å². The average Bonchev–Trinajstić information content (AvgIpc) is 3.45. The highest BCUT2D eigenvalue weighted by Crippen LogP contribution is 2.40. The molecule has 2 aromatic carbocycles. The first kappa shape index (κ1) is 16.8. The summed E-state index contributed by atoms with van der Waals surface area (Å²) < 4.78 is 2.21. The lowest BCUT2D eigenvalue weighted by Crippen LogP contribution is -2.00. The Balaban J connectivity index is 1.66. The number of nitrogens with one attached hydrogen (secondary N) is 1. The zero-order valence-corrected chi connectivity index (χ0v) is 17.0. The minimum atomic E-state index is 0.695. The van der Waals surface area contributed by atoms with Crippen molar-refractivity contribution in [2.24, 2.45) is 0 Å². The fourth-order valence-corrected chi connectivity index (χ4v) is 5.02. The van der Waals surface area contributed by atoms with Gasteiger partial charge in [-0.15, -0.1) is 11.3 Å². The number of hydrogen-bond acceptors (Lipinski definition) is 2. The molecule has 2 aliphatic rings. The quantitative estimate of drug-likeness (QED) is 0.335. The number of aromatic nitrogens is 3. The fraction of sp³-hybridized carbons (Fsp3) is 0.0417. The Morgan fingerprint density at radius 2 is 1.90 bits per heavy atom. The van der Waals surface area contributed by atoms with Crippen molar-refractivity contribution in [3.8, 4) is 16.9 Å². The maximum absolute atomic E-state index is 6.20. The summed E-state index contributed by atoms with van der Waals surface area (Å²) in [5.41, 5.74) is 5.65. The van der Waals surface area contributed by atoms with Crippen LogP contribution in [0.25, 0.3) is 38.6 Å². The first-order valence-corrected chi connectivity index (χ1v) is 10.7. The van der Waals surface area contributed by atoms with E-state index >= 15 is 0 Å². The standard InChI is InChI=1S/C24H16ClN3S/c25-16-7-8-19-21(13-16)26-10-9-23(19)28-24-18-6-2-1-4-15(18)12-20(24)22(27-28)14-17-5-3-11-29-17/h1-13,27H,14H2. The van der Waals surface area contributed by atoms with Gasteiger partial charge in [0.05, 0.1) is 16.9 Å². The van der Waals surface area contributed by atoms with Gasteiger partial charge in [-0.1, -0.05) is 41.9 Å². The van der Waals surface area contributed by atoms with Gasteiger partial charge in [-0.3, -0.25) is 14.8 Å².